The lowest BCUT2D eigenvalue weighted by Gasteiger charge is -2.15. The van der Waals surface area contributed by atoms with Gasteiger partial charge in [0.1, 0.15) is 0 Å². The zero-order valence-corrected chi connectivity index (χ0v) is 9.65. The number of hydrogen-bond acceptors (Lipinski definition) is 2. The lowest BCUT2D eigenvalue weighted by atomic mass is 10.1. The molecule has 0 bridgehead atoms. The van der Waals surface area contributed by atoms with Gasteiger partial charge in [0.25, 0.3) is 5.91 Å². The molecule has 2 rings (SSSR count). The van der Waals surface area contributed by atoms with Gasteiger partial charge in [-0.2, -0.15) is 0 Å². The van der Waals surface area contributed by atoms with Gasteiger partial charge in [0.15, 0.2) is 0 Å². The largest absolute Gasteiger partial charge is 0.339 e. The molecule has 16 heavy (non-hydrogen) atoms. The predicted octanol–water partition coefficient (Wildman–Crippen LogP) is 1.94. The molecule has 1 aromatic carbocycles. The molecule has 0 radical (unpaired) electrons. The minimum atomic E-state index is 0.0240. The van der Waals surface area contributed by atoms with Gasteiger partial charge in [0.05, 0.1) is 0 Å². The van der Waals surface area contributed by atoms with Gasteiger partial charge in [-0.05, 0) is 37.5 Å². The molecule has 3 heteroatoms. The van der Waals surface area contributed by atoms with Crippen molar-refractivity contribution in [3.8, 4) is 0 Å². The first-order valence-electron chi connectivity index (χ1n) is 5.83. The molecular formula is C13H18N2O. The molecule has 2 N–H and O–H groups in total. The molecule has 1 atom stereocenters. The van der Waals surface area contributed by atoms with Gasteiger partial charge >= 0.3 is 0 Å². The summed E-state index contributed by atoms with van der Waals surface area (Å²) in [5, 5.41) is 0. The highest BCUT2D eigenvalue weighted by Gasteiger charge is 2.19. The van der Waals surface area contributed by atoms with Crippen molar-refractivity contribution in [2.45, 2.75) is 25.8 Å². The van der Waals surface area contributed by atoms with Crippen LogP contribution in [-0.2, 0) is 0 Å². The molecule has 1 fully saturated rings. The summed E-state index contributed by atoms with van der Waals surface area (Å²) < 4.78 is 0. The van der Waals surface area contributed by atoms with Crippen molar-refractivity contribution in [1.29, 1.82) is 0 Å². The Morgan fingerprint density at radius 3 is 2.31 bits per heavy atom. The van der Waals surface area contributed by atoms with E-state index in [9.17, 15) is 4.79 Å². The summed E-state index contributed by atoms with van der Waals surface area (Å²) in [6, 6.07) is 7.65. The van der Waals surface area contributed by atoms with Crippen LogP contribution in [0.1, 0.15) is 41.7 Å². The van der Waals surface area contributed by atoms with Crippen molar-refractivity contribution in [3.05, 3.63) is 35.4 Å². The fourth-order valence-electron chi connectivity index (χ4n) is 2.03. The van der Waals surface area contributed by atoms with Crippen molar-refractivity contribution in [3.63, 3.8) is 0 Å². The van der Waals surface area contributed by atoms with E-state index in [1.807, 2.05) is 36.1 Å². The van der Waals surface area contributed by atoms with Crippen LogP contribution in [0.15, 0.2) is 24.3 Å². The quantitative estimate of drug-likeness (QED) is 0.824. The molecule has 1 aliphatic heterocycles. The van der Waals surface area contributed by atoms with E-state index in [1.54, 1.807) is 0 Å². The molecule has 0 saturated carbocycles. The van der Waals surface area contributed by atoms with Crippen LogP contribution in [0.3, 0.4) is 0 Å². The highest BCUT2D eigenvalue weighted by atomic mass is 16.2. The molecule has 0 spiro atoms. The third kappa shape index (κ3) is 2.25. The zero-order chi connectivity index (χ0) is 11.5. The van der Waals surface area contributed by atoms with E-state index in [0.29, 0.717) is 0 Å². The van der Waals surface area contributed by atoms with Crippen LogP contribution in [0.2, 0.25) is 0 Å². The van der Waals surface area contributed by atoms with Crippen LogP contribution >= 0.6 is 0 Å². The first-order chi connectivity index (χ1) is 7.68. The lowest BCUT2D eigenvalue weighted by Crippen LogP contribution is -2.27. The Morgan fingerprint density at radius 1 is 1.25 bits per heavy atom. The van der Waals surface area contributed by atoms with Crippen LogP contribution < -0.4 is 5.73 Å². The van der Waals surface area contributed by atoms with E-state index in [1.165, 1.54) is 0 Å². The van der Waals surface area contributed by atoms with Gasteiger partial charge in [0.2, 0.25) is 0 Å². The van der Waals surface area contributed by atoms with E-state index in [4.69, 9.17) is 5.73 Å². The maximum atomic E-state index is 12.0. The molecule has 1 unspecified atom stereocenters. The number of rotatable bonds is 2. The normalized spacial score (nSPS) is 17.5. The second-order valence-corrected chi connectivity index (χ2v) is 4.41. The smallest absolute Gasteiger partial charge is 0.253 e. The van der Waals surface area contributed by atoms with Crippen molar-refractivity contribution < 1.29 is 4.79 Å². The summed E-state index contributed by atoms with van der Waals surface area (Å²) in [6.45, 7) is 3.74. The van der Waals surface area contributed by atoms with Crippen LogP contribution in [0, 0.1) is 0 Å². The topological polar surface area (TPSA) is 46.3 Å². The maximum Gasteiger partial charge on any atom is 0.253 e. The summed E-state index contributed by atoms with van der Waals surface area (Å²) >= 11 is 0. The molecule has 1 aromatic rings. The predicted molar refractivity (Wildman–Crippen MR) is 64.2 cm³/mol. The lowest BCUT2D eigenvalue weighted by molar-refractivity contribution is 0.0793. The molecule has 1 amide bonds. The molecule has 0 aliphatic carbocycles. The highest BCUT2D eigenvalue weighted by molar-refractivity contribution is 5.94. The van der Waals surface area contributed by atoms with Crippen molar-refractivity contribution in [2.75, 3.05) is 13.1 Å². The van der Waals surface area contributed by atoms with E-state index in [0.717, 1.165) is 37.1 Å². The Kier molecular flexibility index (Phi) is 3.25. The summed E-state index contributed by atoms with van der Waals surface area (Å²) in [6.07, 6.45) is 2.26. The zero-order valence-electron chi connectivity index (χ0n) is 9.65. The van der Waals surface area contributed by atoms with Crippen LogP contribution in [0.5, 0.6) is 0 Å². The Labute approximate surface area is 96.2 Å². The van der Waals surface area contributed by atoms with E-state index >= 15 is 0 Å². The number of amides is 1. The summed E-state index contributed by atoms with van der Waals surface area (Å²) in [4.78, 5) is 13.9. The fraction of sp³-hybridized carbons (Fsp3) is 0.462. The number of nitrogens with two attached hydrogens (primary N) is 1. The van der Waals surface area contributed by atoms with Gasteiger partial charge in [-0.15, -0.1) is 0 Å². The van der Waals surface area contributed by atoms with Crippen molar-refractivity contribution in [2.24, 2.45) is 5.73 Å². The third-order valence-corrected chi connectivity index (χ3v) is 3.08. The molecule has 3 nitrogen and oxygen atoms in total. The molecule has 86 valence electrons. The van der Waals surface area contributed by atoms with Gasteiger partial charge in [0, 0.05) is 24.7 Å². The van der Waals surface area contributed by atoms with Crippen molar-refractivity contribution >= 4 is 5.91 Å². The number of benzene rings is 1. The van der Waals surface area contributed by atoms with Crippen LogP contribution in [-0.4, -0.2) is 23.9 Å². The number of hydrogen-bond donors (Lipinski definition) is 1. The molecular weight excluding hydrogens is 200 g/mol. The molecule has 1 aliphatic rings. The van der Waals surface area contributed by atoms with Gasteiger partial charge in [-0.3, -0.25) is 4.79 Å². The minimum absolute atomic E-state index is 0.0240. The Hall–Kier alpha value is -1.35. The Bertz CT molecular complexity index is 364. The van der Waals surface area contributed by atoms with Gasteiger partial charge in [-0.25, -0.2) is 0 Å². The number of likely N-dealkylation sites (tertiary alicyclic amines) is 1. The van der Waals surface area contributed by atoms with Gasteiger partial charge < -0.3 is 10.6 Å². The standard InChI is InChI=1S/C13H18N2O/c1-10(14)11-4-6-12(7-5-11)13(16)15-8-2-3-9-15/h4-7,10H,2-3,8-9,14H2,1H3. The summed E-state index contributed by atoms with van der Waals surface area (Å²) in [5.41, 5.74) is 7.60. The Balaban J connectivity index is 2.11. The second-order valence-electron chi connectivity index (χ2n) is 4.41. The number of carbonyl (C=O) groups excluding carboxylic acids is 1. The maximum absolute atomic E-state index is 12.0. The molecule has 1 heterocycles. The third-order valence-electron chi connectivity index (χ3n) is 3.08. The monoisotopic (exact) mass is 218 g/mol. The molecule has 0 aromatic heterocycles. The Morgan fingerprint density at radius 2 is 1.81 bits per heavy atom. The minimum Gasteiger partial charge on any atom is -0.339 e. The SMILES string of the molecule is CC(N)c1ccc(C(=O)N2CCCC2)cc1. The first-order valence-corrected chi connectivity index (χ1v) is 5.83. The summed E-state index contributed by atoms with van der Waals surface area (Å²) in [5.74, 6) is 0.147. The second kappa shape index (κ2) is 4.66. The molecule has 1 saturated heterocycles. The van der Waals surface area contributed by atoms with Crippen molar-refractivity contribution in [1.82, 2.24) is 4.90 Å². The fourth-order valence-corrected chi connectivity index (χ4v) is 2.03. The van der Waals surface area contributed by atoms with E-state index < -0.39 is 0 Å². The van der Waals surface area contributed by atoms with Crippen LogP contribution in [0.25, 0.3) is 0 Å². The first kappa shape index (κ1) is 11.1. The van der Waals surface area contributed by atoms with E-state index in [-0.39, 0.29) is 11.9 Å². The average Bonchev–Trinajstić information content (AvgIpc) is 2.81. The summed E-state index contributed by atoms with van der Waals surface area (Å²) in [7, 11) is 0. The van der Waals surface area contributed by atoms with E-state index in [2.05, 4.69) is 0 Å². The average molecular weight is 218 g/mol. The van der Waals surface area contributed by atoms with Crippen LogP contribution in [0.4, 0.5) is 0 Å². The highest BCUT2D eigenvalue weighted by Crippen LogP contribution is 2.15. The number of carbonyl (C=O) groups is 1. The van der Waals surface area contributed by atoms with Gasteiger partial charge in [-0.1, -0.05) is 12.1 Å². The number of nitrogens with zero attached hydrogens (tertiary/aromatic N) is 1.